The summed E-state index contributed by atoms with van der Waals surface area (Å²) in [6.45, 7) is 4.24. The van der Waals surface area contributed by atoms with Crippen LogP contribution in [-0.4, -0.2) is 29.8 Å². The van der Waals surface area contributed by atoms with Gasteiger partial charge in [-0.25, -0.2) is 0 Å². The van der Waals surface area contributed by atoms with Crippen LogP contribution in [0.15, 0.2) is 60.7 Å². The van der Waals surface area contributed by atoms with Crippen molar-refractivity contribution in [2.24, 2.45) is 0 Å². The van der Waals surface area contributed by atoms with Crippen molar-refractivity contribution in [3.05, 3.63) is 71.8 Å². The molecule has 0 aliphatic carbocycles. The van der Waals surface area contributed by atoms with Gasteiger partial charge in [0.05, 0.1) is 11.5 Å². The lowest BCUT2D eigenvalue weighted by Gasteiger charge is -2.47. The highest BCUT2D eigenvalue weighted by atomic mass is 16.1. The molecule has 2 aromatic rings. The van der Waals surface area contributed by atoms with E-state index in [1.807, 2.05) is 50.4 Å². The van der Waals surface area contributed by atoms with Crippen LogP contribution < -0.4 is 0 Å². The predicted octanol–water partition coefficient (Wildman–Crippen LogP) is 3.65. The number of likely N-dealkylation sites (N-methyl/N-ethyl adjacent to an activating group) is 1. The molecule has 1 fully saturated rings. The number of hydrogen-bond acceptors (Lipinski definition) is 2. The van der Waals surface area contributed by atoms with Crippen LogP contribution >= 0.6 is 0 Å². The first-order valence-electron chi connectivity index (χ1n) is 7.94. The van der Waals surface area contributed by atoms with E-state index < -0.39 is 5.41 Å². The Labute approximate surface area is 132 Å². The fourth-order valence-electron chi connectivity index (χ4n) is 3.74. The second-order valence-corrected chi connectivity index (χ2v) is 6.40. The molecule has 1 aliphatic rings. The minimum Gasteiger partial charge on any atom is -0.297 e. The number of ketones is 1. The third kappa shape index (κ3) is 2.19. The van der Waals surface area contributed by atoms with Gasteiger partial charge in [0.15, 0.2) is 5.78 Å². The Morgan fingerprint density at radius 2 is 1.36 bits per heavy atom. The highest BCUT2D eigenvalue weighted by molar-refractivity contribution is 5.98. The summed E-state index contributed by atoms with van der Waals surface area (Å²) in [6, 6.07) is 20.8. The van der Waals surface area contributed by atoms with E-state index in [1.165, 1.54) is 0 Å². The number of Topliss-reactive ketones (excluding diaryl/α,β-unsaturated/α-hetero) is 1. The lowest BCUT2D eigenvalue weighted by Crippen LogP contribution is -2.58. The van der Waals surface area contributed by atoms with Crippen molar-refractivity contribution in [2.45, 2.75) is 37.8 Å². The molecule has 0 N–H and O–H groups in total. The number of benzene rings is 2. The van der Waals surface area contributed by atoms with E-state index >= 15 is 0 Å². The molecule has 0 amide bonds. The van der Waals surface area contributed by atoms with E-state index in [-0.39, 0.29) is 6.04 Å². The Kier molecular flexibility index (Phi) is 3.88. The van der Waals surface area contributed by atoms with Gasteiger partial charge >= 0.3 is 0 Å². The highest BCUT2D eigenvalue weighted by Gasteiger charge is 2.49. The third-order valence-electron chi connectivity index (χ3n) is 5.24. The van der Waals surface area contributed by atoms with Crippen molar-refractivity contribution in [2.75, 3.05) is 7.05 Å². The van der Waals surface area contributed by atoms with Crippen LogP contribution in [0.1, 0.15) is 31.4 Å². The van der Waals surface area contributed by atoms with Crippen LogP contribution in [0.3, 0.4) is 0 Å². The van der Waals surface area contributed by atoms with Crippen LogP contribution in [0, 0.1) is 0 Å². The van der Waals surface area contributed by atoms with Crippen LogP contribution in [0.25, 0.3) is 0 Å². The fraction of sp³-hybridized carbons (Fsp3) is 0.350. The highest BCUT2D eigenvalue weighted by Crippen LogP contribution is 2.43. The standard InChI is InChI=1S/C20H23NO/c1-15-14-20(17-10-6-4-7-11-17,18-12-8-5-9-13-18)19(22)16(2)21(15)3/h4-13,15-16H,14H2,1-3H3/t15-,16-/m1/s1. The van der Waals surface area contributed by atoms with Gasteiger partial charge in [0.1, 0.15) is 0 Å². The minimum absolute atomic E-state index is 0.0795. The maximum atomic E-state index is 13.4. The lowest BCUT2D eigenvalue weighted by atomic mass is 9.63. The molecule has 114 valence electrons. The van der Waals surface area contributed by atoms with Gasteiger partial charge < -0.3 is 0 Å². The average Bonchev–Trinajstić information content (AvgIpc) is 2.58. The van der Waals surface area contributed by atoms with Crippen molar-refractivity contribution < 1.29 is 4.79 Å². The Balaban J connectivity index is 2.23. The number of carbonyl (C=O) groups excluding carboxylic acids is 1. The van der Waals surface area contributed by atoms with Crippen molar-refractivity contribution in [1.29, 1.82) is 0 Å². The summed E-state index contributed by atoms with van der Waals surface area (Å²) in [5, 5.41) is 0. The molecular weight excluding hydrogens is 270 g/mol. The number of carbonyl (C=O) groups is 1. The molecule has 2 aromatic carbocycles. The zero-order chi connectivity index (χ0) is 15.7. The number of hydrogen-bond donors (Lipinski definition) is 0. The Morgan fingerprint density at radius 3 is 1.82 bits per heavy atom. The molecule has 1 aliphatic heterocycles. The average molecular weight is 293 g/mol. The van der Waals surface area contributed by atoms with E-state index in [4.69, 9.17) is 0 Å². The summed E-state index contributed by atoms with van der Waals surface area (Å²) >= 11 is 0. The molecule has 1 heterocycles. The smallest absolute Gasteiger partial charge is 0.164 e. The molecule has 0 radical (unpaired) electrons. The molecule has 3 rings (SSSR count). The Morgan fingerprint density at radius 1 is 0.909 bits per heavy atom. The van der Waals surface area contributed by atoms with E-state index in [1.54, 1.807) is 0 Å². The first-order chi connectivity index (χ1) is 10.6. The van der Waals surface area contributed by atoms with Gasteiger partial charge in [0.25, 0.3) is 0 Å². The van der Waals surface area contributed by atoms with Gasteiger partial charge in [-0.1, -0.05) is 60.7 Å². The van der Waals surface area contributed by atoms with Crippen LogP contribution in [-0.2, 0) is 10.2 Å². The van der Waals surface area contributed by atoms with Gasteiger partial charge in [0, 0.05) is 6.04 Å². The number of piperidine rings is 1. The fourth-order valence-corrected chi connectivity index (χ4v) is 3.74. The lowest BCUT2D eigenvalue weighted by molar-refractivity contribution is -0.132. The van der Waals surface area contributed by atoms with Crippen LogP contribution in [0.4, 0.5) is 0 Å². The maximum absolute atomic E-state index is 13.4. The molecule has 0 unspecified atom stereocenters. The van der Waals surface area contributed by atoms with Crippen molar-refractivity contribution in [3.63, 3.8) is 0 Å². The number of rotatable bonds is 2. The van der Waals surface area contributed by atoms with E-state index in [9.17, 15) is 4.79 Å². The van der Waals surface area contributed by atoms with Crippen LogP contribution in [0.2, 0.25) is 0 Å². The number of likely N-dealkylation sites (tertiary alicyclic amines) is 1. The Bertz CT molecular complexity index is 610. The first kappa shape index (κ1) is 15.0. The van der Waals surface area contributed by atoms with E-state index in [0.717, 1.165) is 17.5 Å². The largest absolute Gasteiger partial charge is 0.297 e. The van der Waals surface area contributed by atoms with Gasteiger partial charge in [-0.2, -0.15) is 0 Å². The van der Waals surface area contributed by atoms with E-state index in [0.29, 0.717) is 11.8 Å². The second-order valence-electron chi connectivity index (χ2n) is 6.40. The normalized spacial score (nSPS) is 25.1. The van der Waals surface area contributed by atoms with Crippen molar-refractivity contribution >= 4 is 5.78 Å². The molecule has 2 atom stereocenters. The molecule has 1 saturated heterocycles. The van der Waals surface area contributed by atoms with Gasteiger partial charge in [-0.3, -0.25) is 9.69 Å². The molecule has 2 nitrogen and oxygen atoms in total. The summed E-state index contributed by atoms with van der Waals surface area (Å²) in [7, 11) is 2.05. The summed E-state index contributed by atoms with van der Waals surface area (Å²) in [4.78, 5) is 15.5. The van der Waals surface area contributed by atoms with Crippen molar-refractivity contribution in [3.8, 4) is 0 Å². The minimum atomic E-state index is -0.534. The van der Waals surface area contributed by atoms with Crippen molar-refractivity contribution in [1.82, 2.24) is 4.90 Å². The number of nitrogens with zero attached hydrogens (tertiary/aromatic N) is 1. The topological polar surface area (TPSA) is 20.3 Å². The molecular formula is C20H23NO. The molecule has 2 heteroatoms. The van der Waals surface area contributed by atoms with Gasteiger partial charge in [-0.05, 0) is 38.4 Å². The molecule has 22 heavy (non-hydrogen) atoms. The first-order valence-corrected chi connectivity index (χ1v) is 7.94. The quantitative estimate of drug-likeness (QED) is 0.842. The monoisotopic (exact) mass is 293 g/mol. The molecule has 0 saturated carbocycles. The van der Waals surface area contributed by atoms with Gasteiger partial charge in [-0.15, -0.1) is 0 Å². The zero-order valence-corrected chi connectivity index (χ0v) is 13.5. The third-order valence-corrected chi connectivity index (χ3v) is 5.24. The molecule has 0 aromatic heterocycles. The summed E-state index contributed by atoms with van der Waals surface area (Å²) in [5.41, 5.74) is 1.68. The SMILES string of the molecule is C[C@@H]1CC(c2ccccc2)(c2ccccc2)C(=O)[C@@H](C)N1C. The zero-order valence-electron chi connectivity index (χ0n) is 13.5. The maximum Gasteiger partial charge on any atom is 0.164 e. The Hall–Kier alpha value is -1.93. The van der Waals surface area contributed by atoms with Gasteiger partial charge in [0.2, 0.25) is 0 Å². The second kappa shape index (κ2) is 5.69. The predicted molar refractivity (Wildman–Crippen MR) is 90.0 cm³/mol. The summed E-state index contributed by atoms with van der Waals surface area (Å²) < 4.78 is 0. The molecule has 0 bridgehead atoms. The molecule has 0 spiro atoms. The van der Waals surface area contributed by atoms with E-state index in [2.05, 4.69) is 36.1 Å². The summed E-state index contributed by atoms with van der Waals surface area (Å²) in [5.74, 6) is 0.297. The summed E-state index contributed by atoms with van der Waals surface area (Å²) in [6.07, 6.45) is 0.820. The van der Waals surface area contributed by atoms with Crippen LogP contribution in [0.5, 0.6) is 0 Å².